The predicted octanol–water partition coefficient (Wildman–Crippen LogP) is 1.99. The van der Waals surface area contributed by atoms with Crippen molar-refractivity contribution in [2.75, 3.05) is 34.0 Å². The van der Waals surface area contributed by atoms with Gasteiger partial charge in [0.15, 0.2) is 0 Å². The van der Waals surface area contributed by atoms with Crippen molar-refractivity contribution in [3.05, 3.63) is 15.6 Å². The fourth-order valence-corrected chi connectivity index (χ4v) is 2.64. The van der Waals surface area contributed by atoms with Crippen LogP contribution in [-0.4, -0.2) is 45.1 Å². The zero-order valence-electron chi connectivity index (χ0n) is 12.9. The van der Waals surface area contributed by atoms with Crippen LogP contribution in [0.25, 0.3) is 0 Å². The van der Waals surface area contributed by atoms with Gasteiger partial charge >= 0.3 is 0 Å². The quantitative estimate of drug-likeness (QED) is 0.634. The molecule has 0 amide bonds. The largest absolute Gasteiger partial charge is 0.382 e. The van der Waals surface area contributed by atoms with Crippen molar-refractivity contribution < 1.29 is 14.2 Å². The number of ether oxygens (including phenoxy) is 3. The van der Waals surface area contributed by atoms with E-state index in [4.69, 9.17) is 14.2 Å². The molecule has 1 rings (SSSR count). The zero-order chi connectivity index (χ0) is 14.8. The molecule has 0 spiro atoms. The highest BCUT2D eigenvalue weighted by atomic mass is 32.1. The van der Waals surface area contributed by atoms with Crippen LogP contribution < -0.4 is 5.32 Å². The summed E-state index contributed by atoms with van der Waals surface area (Å²) < 4.78 is 15.6. The van der Waals surface area contributed by atoms with E-state index in [1.165, 1.54) is 4.88 Å². The summed E-state index contributed by atoms with van der Waals surface area (Å²) in [5, 5.41) is 4.53. The average Bonchev–Trinajstić information content (AvgIpc) is 2.79. The molecular weight excluding hydrogens is 276 g/mol. The molecule has 0 saturated heterocycles. The van der Waals surface area contributed by atoms with E-state index in [9.17, 15) is 0 Å². The molecule has 1 aromatic heterocycles. The fraction of sp³-hybridized carbons (Fsp3) is 0.786. The van der Waals surface area contributed by atoms with Crippen LogP contribution >= 0.6 is 11.3 Å². The molecule has 1 aromatic rings. The highest BCUT2D eigenvalue weighted by Gasteiger charge is 2.11. The highest BCUT2D eigenvalue weighted by molar-refractivity contribution is 7.11. The van der Waals surface area contributed by atoms with Crippen LogP contribution in [0.2, 0.25) is 0 Å². The molecule has 0 aliphatic heterocycles. The fourth-order valence-electron chi connectivity index (χ4n) is 1.63. The van der Waals surface area contributed by atoms with Gasteiger partial charge in [-0.25, -0.2) is 4.98 Å². The van der Waals surface area contributed by atoms with Crippen LogP contribution in [0.4, 0.5) is 0 Å². The first-order valence-corrected chi connectivity index (χ1v) is 7.75. The van der Waals surface area contributed by atoms with E-state index in [1.54, 1.807) is 25.6 Å². The Bertz CT molecular complexity index is 369. The Balaban J connectivity index is 2.47. The minimum absolute atomic E-state index is 0.466. The smallest absolute Gasteiger partial charge is 0.0955 e. The summed E-state index contributed by atoms with van der Waals surface area (Å²) in [4.78, 5) is 5.89. The van der Waals surface area contributed by atoms with Gasteiger partial charge in [0.25, 0.3) is 0 Å². The maximum absolute atomic E-state index is 5.48. The third-order valence-corrected chi connectivity index (χ3v) is 3.82. The summed E-state index contributed by atoms with van der Waals surface area (Å²) in [6.07, 6.45) is 0.840. The Hall–Kier alpha value is -0.530. The van der Waals surface area contributed by atoms with Gasteiger partial charge in [0.2, 0.25) is 0 Å². The van der Waals surface area contributed by atoms with E-state index < -0.39 is 0 Å². The molecule has 0 aliphatic rings. The van der Waals surface area contributed by atoms with Gasteiger partial charge in [0, 0.05) is 38.1 Å². The maximum atomic E-state index is 5.48. The summed E-state index contributed by atoms with van der Waals surface area (Å²) in [6, 6.07) is 0.466. The Kier molecular flexibility index (Phi) is 8.97. The molecule has 0 bridgehead atoms. The average molecular weight is 302 g/mol. The minimum atomic E-state index is 0.466. The molecule has 0 aliphatic carbocycles. The van der Waals surface area contributed by atoms with Crippen molar-refractivity contribution in [2.24, 2.45) is 0 Å². The van der Waals surface area contributed by atoms with Crippen LogP contribution in [0.15, 0.2) is 0 Å². The minimum Gasteiger partial charge on any atom is -0.382 e. The van der Waals surface area contributed by atoms with E-state index in [2.05, 4.69) is 24.1 Å². The first-order valence-electron chi connectivity index (χ1n) is 6.93. The molecule has 1 N–H and O–H groups in total. The Morgan fingerprint density at radius 2 is 1.95 bits per heavy atom. The van der Waals surface area contributed by atoms with E-state index in [-0.39, 0.29) is 0 Å². The second-order valence-electron chi connectivity index (χ2n) is 4.80. The molecule has 20 heavy (non-hydrogen) atoms. The van der Waals surface area contributed by atoms with Crippen molar-refractivity contribution in [1.29, 1.82) is 0 Å². The van der Waals surface area contributed by atoms with Crippen molar-refractivity contribution in [3.63, 3.8) is 0 Å². The lowest BCUT2D eigenvalue weighted by molar-refractivity contribution is 0.0722. The number of nitrogens with zero attached hydrogens (tertiary/aromatic N) is 1. The number of thiazole rings is 1. The van der Waals surface area contributed by atoms with Crippen LogP contribution in [0, 0.1) is 0 Å². The zero-order valence-corrected chi connectivity index (χ0v) is 13.7. The lowest BCUT2D eigenvalue weighted by atomic mass is 10.3. The lowest BCUT2D eigenvalue weighted by Gasteiger charge is -2.07. The first kappa shape index (κ1) is 17.5. The Morgan fingerprint density at radius 1 is 1.15 bits per heavy atom. The summed E-state index contributed by atoms with van der Waals surface area (Å²) in [5.74, 6) is 0. The molecule has 0 unspecified atom stereocenters. The van der Waals surface area contributed by atoms with Crippen molar-refractivity contribution >= 4 is 11.3 Å². The van der Waals surface area contributed by atoms with Gasteiger partial charge < -0.3 is 19.5 Å². The number of hydrogen-bond donors (Lipinski definition) is 1. The van der Waals surface area contributed by atoms with Crippen LogP contribution in [-0.2, 0) is 33.8 Å². The van der Waals surface area contributed by atoms with Gasteiger partial charge in [-0.15, -0.1) is 11.3 Å². The second kappa shape index (κ2) is 10.2. The highest BCUT2D eigenvalue weighted by Crippen LogP contribution is 2.20. The Morgan fingerprint density at radius 3 is 2.60 bits per heavy atom. The summed E-state index contributed by atoms with van der Waals surface area (Å²) in [6.45, 7) is 7.64. The first-order chi connectivity index (χ1) is 9.67. The van der Waals surface area contributed by atoms with E-state index in [0.29, 0.717) is 32.5 Å². The van der Waals surface area contributed by atoms with Gasteiger partial charge in [-0.2, -0.15) is 0 Å². The SMILES string of the molecule is COCCOCCc1nc(COC)c(CNC(C)C)s1. The van der Waals surface area contributed by atoms with Gasteiger partial charge in [-0.1, -0.05) is 13.8 Å². The number of methoxy groups -OCH3 is 2. The molecule has 116 valence electrons. The topological polar surface area (TPSA) is 52.6 Å². The summed E-state index contributed by atoms with van der Waals surface area (Å²) in [5.41, 5.74) is 1.04. The Labute approximate surface area is 125 Å². The third kappa shape index (κ3) is 6.76. The van der Waals surface area contributed by atoms with Gasteiger partial charge in [-0.3, -0.25) is 0 Å². The normalized spacial score (nSPS) is 11.4. The molecule has 0 radical (unpaired) electrons. The van der Waals surface area contributed by atoms with Crippen LogP contribution in [0.3, 0.4) is 0 Å². The van der Waals surface area contributed by atoms with Crippen molar-refractivity contribution in [1.82, 2.24) is 10.3 Å². The second-order valence-corrected chi connectivity index (χ2v) is 5.97. The molecule has 1 heterocycles. The van der Waals surface area contributed by atoms with Gasteiger partial charge in [0.05, 0.1) is 37.1 Å². The number of aromatic nitrogens is 1. The number of nitrogens with one attached hydrogen (secondary N) is 1. The van der Waals surface area contributed by atoms with E-state index in [0.717, 1.165) is 23.7 Å². The third-order valence-electron chi connectivity index (χ3n) is 2.67. The van der Waals surface area contributed by atoms with E-state index in [1.807, 2.05) is 0 Å². The van der Waals surface area contributed by atoms with Gasteiger partial charge in [-0.05, 0) is 0 Å². The molecule has 0 fully saturated rings. The molecule has 0 aromatic carbocycles. The summed E-state index contributed by atoms with van der Waals surface area (Å²) >= 11 is 1.74. The number of hydrogen-bond acceptors (Lipinski definition) is 6. The predicted molar refractivity (Wildman–Crippen MR) is 81.2 cm³/mol. The maximum Gasteiger partial charge on any atom is 0.0955 e. The molecular formula is C14H26N2O3S. The van der Waals surface area contributed by atoms with Crippen molar-refractivity contribution in [3.8, 4) is 0 Å². The van der Waals surface area contributed by atoms with Crippen molar-refractivity contribution in [2.45, 2.75) is 39.5 Å². The molecule has 0 saturated carbocycles. The molecule has 6 heteroatoms. The number of rotatable bonds is 11. The monoisotopic (exact) mass is 302 g/mol. The lowest BCUT2D eigenvalue weighted by Crippen LogP contribution is -2.21. The summed E-state index contributed by atoms with van der Waals surface area (Å²) in [7, 11) is 3.38. The van der Waals surface area contributed by atoms with Crippen LogP contribution in [0.1, 0.15) is 29.4 Å². The van der Waals surface area contributed by atoms with E-state index >= 15 is 0 Å². The standard InChI is InChI=1S/C14H26N2O3S/c1-11(2)15-9-13-12(10-18-4)16-14(20-13)5-6-19-8-7-17-3/h11,15H,5-10H2,1-4H3. The van der Waals surface area contributed by atoms with Gasteiger partial charge in [0.1, 0.15) is 0 Å². The van der Waals surface area contributed by atoms with Crippen LogP contribution in [0.5, 0.6) is 0 Å². The molecule has 5 nitrogen and oxygen atoms in total. The molecule has 0 atom stereocenters.